The number of alkyl halides is 1. The van der Waals surface area contributed by atoms with Gasteiger partial charge in [0.2, 0.25) is 0 Å². The number of ether oxygens (including phenoxy) is 1. The van der Waals surface area contributed by atoms with Crippen molar-refractivity contribution in [1.82, 2.24) is 0 Å². The molecule has 0 saturated carbocycles. The minimum Gasteiger partial charge on any atom is -0.494 e. The first kappa shape index (κ1) is 17.5. The molecule has 0 atom stereocenters. The highest BCUT2D eigenvalue weighted by molar-refractivity contribution is 9.09. The number of Topliss-reactive ketones (excluding diaryl/α,β-unsaturated/α-hetero) is 1. The van der Waals surface area contributed by atoms with E-state index in [0.29, 0.717) is 17.7 Å². The van der Waals surface area contributed by atoms with Gasteiger partial charge in [-0.15, -0.1) is 0 Å². The van der Waals surface area contributed by atoms with Crippen molar-refractivity contribution in [2.45, 2.75) is 19.8 Å². The van der Waals surface area contributed by atoms with E-state index >= 15 is 0 Å². The second-order valence-corrected chi connectivity index (χ2v) is 6.24. The lowest BCUT2D eigenvalue weighted by Gasteiger charge is -2.09. The number of carbonyl (C=O) groups is 1. The molecule has 3 heteroatoms. The topological polar surface area (TPSA) is 26.3 Å². The van der Waals surface area contributed by atoms with Crippen LogP contribution in [0, 0.1) is 6.92 Å². The maximum Gasteiger partial charge on any atom is 0.193 e. The Morgan fingerprint density at radius 1 is 1.09 bits per heavy atom. The molecule has 0 fully saturated rings. The predicted octanol–water partition coefficient (Wildman–Crippen LogP) is 5.45. The Balaban J connectivity index is 2.01. The molecule has 0 heterocycles. The number of unbranched alkanes of at least 4 members (excludes halogenated alkanes) is 1. The summed E-state index contributed by atoms with van der Waals surface area (Å²) < 4.78 is 5.67. The first-order chi connectivity index (χ1) is 11.1. The molecule has 2 nitrogen and oxygen atoms in total. The second-order valence-electron chi connectivity index (χ2n) is 5.45. The largest absolute Gasteiger partial charge is 0.494 e. The summed E-state index contributed by atoms with van der Waals surface area (Å²) in [6, 6.07) is 15.1. The zero-order valence-electron chi connectivity index (χ0n) is 13.3. The third-order valence-electron chi connectivity index (χ3n) is 3.55. The fourth-order valence-electron chi connectivity index (χ4n) is 2.23. The lowest BCUT2D eigenvalue weighted by atomic mass is 9.97. The first-order valence-electron chi connectivity index (χ1n) is 7.71. The van der Waals surface area contributed by atoms with Crippen molar-refractivity contribution in [3.63, 3.8) is 0 Å². The molecule has 0 aliphatic heterocycles. The van der Waals surface area contributed by atoms with Crippen LogP contribution in [0.5, 0.6) is 5.75 Å². The van der Waals surface area contributed by atoms with Gasteiger partial charge in [-0.25, -0.2) is 0 Å². The average Bonchev–Trinajstić information content (AvgIpc) is 2.58. The van der Waals surface area contributed by atoms with Gasteiger partial charge < -0.3 is 4.74 Å². The monoisotopic (exact) mass is 372 g/mol. The quantitative estimate of drug-likeness (QED) is 0.266. The zero-order valence-corrected chi connectivity index (χ0v) is 14.9. The Bertz CT molecular complexity index is 674. The Kier molecular flexibility index (Phi) is 6.60. The number of ketones is 1. The fourth-order valence-corrected chi connectivity index (χ4v) is 2.63. The van der Waals surface area contributed by atoms with Gasteiger partial charge in [0.1, 0.15) is 5.75 Å². The van der Waals surface area contributed by atoms with Gasteiger partial charge in [-0.3, -0.25) is 4.79 Å². The number of benzene rings is 2. The van der Waals surface area contributed by atoms with Crippen molar-refractivity contribution >= 4 is 27.3 Å². The van der Waals surface area contributed by atoms with Crippen LogP contribution in [0.3, 0.4) is 0 Å². The number of aryl methyl sites for hydroxylation is 1. The van der Waals surface area contributed by atoms with Crippen molar-refractivity contribution in [2.24, 2.45) is 0 Å². The molecule has 0 aliphatic rings. The summed E-state index contributed by atoms with van der Waals surface area (Å²) >= 11 is 3.40. The van der Waals surface area contributed by atoms with E-state index in [9.17, 15) is 4.79 Å². The molecule has 23 heavy (non-hydrogen) atoms. The highest BCUT2D eigenvalue weighted by atomic mass is 79.9. The van der Waals surface area contributed by atoms with Crippen molar-refractivity contribution in [3.8, 4) is 5.75 Å². The molecular weight excluding hydrogens is 352 g/mol. The fraction of sp³-hybridized carbons (Fsp3) is 0.250. The highest BCUT2D eigenvalue weighted by Crippen LogP contribution is 2.21. The van der Waals surface area contributed by atoms with Crippen molar-refractivity contribution < 1.29 is 9.53 Å². The molecule has 120 valence electrons. The molecule has 2 rings (SSSR count). The predicted molar refractivity (Wildman–Crippen MR) is 99.5 cm³/mol. The van der Waals surface area contributed by atoms with E-state index < -0.39 is 0 Å². The summed E-state index contributed by atoms with van der Waals surface area (Å²) in [7, 11) is 0. The molecule has 0 saturated heterocycles. The van der Waals surface area contributed by atoms with Crippen LogP contribution in [-0.2, 0) is 0 Å². The average molecular weight is 373 g/mol. The Morgan fingerprint density at radius 2 is 1.83 bits per heavy atom. The molecule has 0 unspecified atom stereocenters. The number of carbonyl (C=O) groups excluding carboxylic acids is 1. The molecule has 2 aromatic rings. The highest BCUT2D eigenvalue weighted by Gasteiger charge is 2.12. The number of allylic oxidation sites excluding steroid dienone is 1. The van der Waals surface area contributed by atoms with Crippen molar-refractivity contribution in [1.29, 1.82) is 0 Å². The number of rotatable bonds is 8. The van der Waals surface area contributed by atoms with Gasteiger partial charge in [0, 0.05) is 16.5 Å². The number of hydrogen-bond acceptors (Lipinski definition) is 2. The van der Waals surface area contributed by atoms with Crippen LogP contribution < -0.4 is 4.74 Å². The van der Waals surface area contributed by atoms with E-state index in [4.69, 9.17) is 4.74 Å². The van der Waals surface area contributed by atoms with Crippen molar-refractivity contribution in [3.05, 3.63) is 71.8 Å². The summed E-state index contributed by atoms with van der Waals surface area (Å²) in [4.78, 5) is 12.5. The standard InChI is InChI=1S/C20H21BrO2/c1-15-6-5-7-18(14-15)20(22)16(2)17-8-10-19(11-9-17)23-13-4-3-12-21/h5-11,14H,2-4,12-13H2,1H3. The molecule has 0 aromatic heterocycles. The van der Waals surface area contributed by atoms with E-state index in [0.717, 1.165) is 35.0 Å². The van der Waals surface area contributed by atoms with E-state index in [1.54, 1.807) is 0 Å². The summed E-state index contributed by atoms with van der Waals surface area (Å²) in [5.74, 6) is 0.777. The smallest absolute Gasteiger partial charge is 0.193 e. The molecule has 0 aliphatic carbocycles. The third-order valence-corrected chi connectivity index (χ3v) is 4.11. The molecule has 0 spiro atoms. The first-order valence-corrected chi connectivity index (χ1v) is 8.83. The maximum atomic E-state index is 12.5. The van der Waals surface area contributed by atoms with Crippen LogP contribution in [0.4, 0.5) is 0 Å². The van der Waals surface area contributed by atoms with Crippen LogP contribution in [-0.4, -0.2) is 17.7 Å². The molecule has 0 bridgehead atoms. The van der Waals surface area contributed by atoms with Crippen LogP contribution in [0.2, 0.25) is 0 Å². The molecular formula is C20H21BrO2. The maximum absolute atomic E-state index is 12.5. The Morgan fingerprint density at radius 3 is 2.48 bits per heavy atom. The summed E-state index contributed by atoms with van der Waals surface area (Å²) in [5, 5.41) is 0.996. The second kappa shape index (κ2) is 8.68. The molecule has 2 aromatic carbocycles. The number of hydrogen-bond donors (Lipinski definition) is 0. The molecule has 0 amide bonds. The lowest BCUT2D eigenvalue weighted by molar-refractivity contribution is 0.105. The van der Waals surface area contributed by atoms with E-state index in [1.807, 2.05) is 55.5 Å². The van der Waals surface area contributed by atoms with E-state index in [1.165, 1.54) is 0 Å². The van der Waals surface area contributed by atoms with Gasteiger partial charge in [-0.2, -0.15) is 0 Å². The Hall–Kier alpha value is -1.87. The summed E-state index contributed by atoms with van der Waals surface area (Å²) in [6.45, 7) is 6.63. The van der Waals surface area contributed by atoms with Gasteiger partial charge in [0.15, 0.2) is 5.78 Å². The van der Waals surface area contributed by atoms with Crippen LogP contribution in [0.25, 0.3) is 5.57 Å². The van der Waals surface area contributed by atoms with Crippen LogP contribution in [0.1, 0.15) is 34.3 Å². The minimum atomic E-state index is -0.0420. The Labute approximate surface area is 146 Å². The van der Waals surface area contributed by atoms with E-state index in [-0.39, 0.29) is 5.78 Å². The van der Waals surface area contributed by atoms with Gasteiger partial charge in [-0.05, 0) is 43.5 Å². The van der Waals surface area contributed by atoms with Crippen LogP contribution in [0.15, 0.2) is 55.1 Å². The van der Waals surface area contributed by atoms with Gasteiger partial charge in [0.05, 0.1) is 6.61 Å². The van der Waals surface area contributed by atoms with Gasteiger partial charge in [0.25, 0.3) is 0 Å². The molecule has 0 N–H and O–H groups in total. The number of halogens is 1. The normalized spacial score (nSPS) is 10.3. The van der Waals surface area contributed by atoms with Crippen LogP contribution >= 0.6 is 15.9 Å². The SMILES string of the molecule is C=C(C(=O)c1cccc(C)c1)c1ccc(OCCCCBr)cc1. The van der Waals surface area contributed by atoms with E-state index in [2.05, 4.69) is 22.5 Å². The molecule has 0 radical (unpaired) electrons. The zero-order chi connectivity index (χ0) is 16.7. The minimum absolute atomic E-state index is 0.0420. The van der Waals surface area contributed by atoms with Crippen molar-refractivity contribution in [2.75, 3.05) is 11.9 Å². The summed E-state index contributed by atoms with van der Waals surface area (Å²) in [5.41, 5.74) is 3.06. The third kappa shape index (κ3) is 5.07. The van der Waals surface area contributed by atoms with Gasteiger partial charge >= 0.3 is 0 Å². The lowest BCUT2D eigenvalue weighted by Crippen LogP contribution is -2.02. The van der Waals surface area contributed by atoms with Gasteiger partial charge in [-0.1, -0.05) is 58.4 Å². The summed E-state index contributed by atoms with van der Waals surface area (Å²) in [6.07, 6.45) is 2.12.